The van der Waals surface area contributed by atoms with E-state index < -0.39 is 0 Å². The molecular formula is C23H38. The second-order valence-corrected chi connectivity index (χ2v) is 9.01. The monoisotopic (exact) mass is 314 g/mol. The molecule has 0 aliphatic heterocycles. The fraction of sp³-hybridized carbons (Fsp3) is 0.739. The van der Waals surface area contributed by atoms with E-state index in [-0.39, 0.29) is 0 Å². The average molecular weight is 315 g/mol. The molecule has 0 atom stereocenters. The average Bonchev–Trinajstić information content (AvgIpc) is 2.52. The summed E-state index contributed by atoms with van der Waals surface area (Å²) in [7, 11) is 0. The lowest BCUT2D eigenvalue weighted by Gasteiger charge is -2.21. The van der Waals surface area contributed by atoms with Crippen LogP contribution in [0.4, 0.5) is 0 Å². The van der Waals surface area contributed by atoms with Crippen LogP contribution in [0.25, 0.3) is 0 Å². The minimum absolute atomic E-state index is 0.389. The Kier molecular flexibility index (Phi) is 7.66. The first-order valence-corrected chi connectivity index (χ1v) is 10.1. The number of rotatable bonds is 8. The van der Waals surface area contributed by atoms with Crippen LogP contribution in [-0.4, -0.2) is 0 Å². The van der Waals surface area contributed by atoms with E-state index in [2.05, 4.69) is 45.0 Å². The van der Waals surface area contributed by atoms with Gasteiger partial charge in [-0.1, -0.05) is 103 Å². The Morgan fingerprint density at radius 2 is 1.39 bits per heavy atom. The molecule has 0 bridgehead atoms. The van der Waals surface area contributed by atoms with Crippen LogP contribution in [0.2, 0.25) is 0 Å². The zero-order chi connectivity index (χ0) is 16.5. The lowest BCUT2D eigenvalue weighted by molar-refractivity contribution is 0.328. The Hall–Kier alpha value is -0.780. The summed E-state index contributed by atoms with van der Waals surface area (Å²) in [5.74, 6) is 1.07. The molecule has 0 unspecified atom stereocenters. The molecule has 1 aliphatic carbocycles. The van der Waals surface area contributed by atoms with E-state index >= 15 is 0 Å². The van der Waals surface area contributed by atoms with Gasteiger partial charge in [0.05, 0.1) is 0 Å². The van der Waals surface area contributed by atoms with E-state index in [4.69, 9.17) is 0 Å². The van der Waals surface area contributed by atoms with Crippen LogP contribution in [0.5, 0.6) is 0 Å². The number of hydrogen-bond donors (Lipinski definition) is 0. The summed E-state index contributed by atoms with van der Waals surface area (Å²) in [6.07, 6.45) is 17.1. The van der Waals surface area contributed by atoms with E-state index in [9.17, 15) is 0 Å². The molecular weight excluding hydrogens is 276 g/mol. The second-order valence-electron chi connectivity index (χ2n) is 9.01. The minimum Gasteiger partial charge on any atom is -0.0599 e. The van der Waals surface area contributed by atoms with Crippen molar-refractivity contribution in [3.63, 3.8) is 0 Å². The zero-order valence-electron chi connectivity index (χ0n) is 15.9. The Labute approximate surface area is 145 Å². The Morgan fingerprint density at radius 1 is 0.783 bits per heavy atom. The van der Waals surface area contributed by atoms with Crippen molar-refractivity contribution in [3.05, 3.63) is 35.4 Å². The third-order valence-electron chi connectivity index (χ3n) is 5.31. The molecule has 0 heterocycles. The van der Waals surface area contributed by atoms with E-state index in [1.54, 1.807) is 0 Å². The standard InChI is InChI=1S/C23H38/c1-23(2,3)19-22-17-15-21(16-18-22)14-8-5-4-7-11-20-12-9-6-10-13-20/h15-18,20H,4-14,19H2,1-3H3. The molecule has 130 valence electrons. The fourth-order valence-corrected chi connectivity index (χ4v) is 4.03. The third kappa shape index (κ3) is 8.04. The van der Waals surface area contributed by atoms with Crippen molar-refractivity contribution in [1.29, 1.82) is 0 Å². The number of unbranched alkanes of at least 4 members (excludes halogenated alkanes) is 3. The van der Waals surface area contributed by atoms with Crippen LogP contribution >= 0.6 is 0 Å². The maximum Gasteiger partial charge on any atom is -0.0230 e. The van der Waals surface area contributed by atoms with Crippen LogP contribution in [0.3, 0.4) is 0 Å². The van der Waals surface area contributed by atoms with Crippen LogP contribution in [-0.2, 0) is 12.8 Å². The summed E-state index contributed by atoms with van der Waals surface area (Å²) in [6, 6.07) is 9.37. The van der Waals surface area contributed by atoms with Crippen molar-refractivity contribution in [2.75, 3.05) is 0 Å². The van der Waals surface area contributed by atoms with E-state index in [1.165, 1.54) is 88.2 Å². The normalized spacial score (nSPS) is 16.7. The first kappa shape index (κ1) is 18.6. The molecule has 1 aromatic rings. The van der Waals surface area contributed by atoms with Gasteiger partial charge in [0.2, 0.25) is 0 Å². The molecule has 23 heavy (non-hydrogen) atoms. The largest absolute Gasteiger partial charge is 0.0599 e. The van der Waals surface area contributed by atoms with Gasteiger partial charge >= 0.3 is 0 Å². The van der Waals surface area contributed by atoms with Gasteiger partial charge in [-0.05, 0) is 41.7 Å². The maximum atomic E-state index is 2.35. The number of aryl methyl sites for hydroxylation is 1. The molecule has 0 saturated heterocycles. The molecule has 0 spiro atoms. The molecule has 0 radical (unpaired) electrons. The molecule has 0 amide bonds. The van der Waals surface area contributed by atoms with Gasteiger partial charge in [0.1, 0.15) is 0 Å². The summed E-state index contributed by atoms with van der Waals surface area (Å²) in [6.45, 7) is 6.94. The summed E-state index contributed by atoms with van der Waals surface area (Å²) < 4.78 is 0. The molecule has 1 aromatic carbocycles. The van der Waals surface area contributed by atoms with E-state index in [1.807, 2.05) is 0 Å². The first-order valence-electron chi connectivity index (χ1n) is 10.1. The van der Waals surface area contributed by atoms with Gasteiger partial charge in [0.25, 0.3) is 0 Å². The smallest absolute Gasteiger partial charge is 0.0230 e. The highest BCUT2D eigenvalue weighted by molar-refractivity contribution is 5.23. The molecule has 1 saturated carbocycles. The molecule has 0 heteroatoms. The highest BCUT2D eigenvalue weighted by Gasteiger charge is 2.12. The van der Waals surface area contributed by atoms with Crippen LogP contribution in [0.15, 0.2) is 24.3 Å². The molecule has 0 N–H and O–H groups in total. The molecule has 1 fully saturated rings. The first-order chi connectivity index (χ1) is 11.0. The lowest BCUT2D eigenvalue weighted by Crippen LogP contribution is -2.08. The van der Waals surface area contributed by atoms with E-state index in [0.717, 1.165) is 5.92 Å². The van der Waals surface area contributed by atoms with Crippen LogP contribution < -0.4 is 0 Å². The molecule has 2 rings (SSSR count). The van der Waals surface area contributed by atoms with Gasteiger partial charge < -0.3 is 0 Å². The van der Waals surface area contributed by atoms with Crippen molar-refractivity contribution >= 4 is 0 Å². The SMILES string of the molecule is CC(C)(C)Cc1ccc(CCCCCCC2CCCCC2)cc1. The van der Waals surface area contributed by atoms with Crippen molar-refractivity contribution in [3.8, 4) is 0 Å². The van der Waals surface area contributed by atoms with Crippen molar-refractivity contribution in [2.45, 2.75) is 97.8 Å². The predicted octanol–water partition coefficient (Wildman–Crippen LogP) is 7.35. The molecule has 0 nitrogen and oxygen atoms in total. The van der Waals surface area contributed by atoms with Gasteiger partial charge in [-0.15, -0.1) is 0 Å². The topological polar surface area (TPSA) is 0 Å². The maximum absolute atomic E-state index is 2.35. The Morgan fingerprint density at radius 3 is 2.04 bits per heavy atom. The van der Waals surface area contributed by atoms with Gasteiger partial charge in [0.15, 0.2) is 0 Å². The highest BCUT2D eigenvalue weighted by Crippen LogP contribution is 2.28. The molecule has 0 aromatic heterocycles. The van der Waals surface area contributed by atoms with Crippen molar-refractivity contribution in [2.24, 2.45) is 11.3 Å². The van der Waals surface area contributed by atoms with Crippen molar-refractivity contribution in [1.82, 2.24) is 0 Å². The number of benzene rings is 1. The summed E-state index contributed by atoms with van der Waals surface area (Å²) >= 11 is 0. The van der Waals surface area contributed by atoms with Crippen LogP contribution in [0.1, 0.15) is 96.1 Å². The summed E-state index contributed by atoms with van der Waals surface area (Å²) in [5.41, 5.74) is 3.39. The van der Waals surface area contributed by atoms with Gasteiger partial charge in [0, 0.05) is 0 Å². The highest BCUT2D eigenvalue weighted by atomic mass is 14.2. The third-order valence-corrected chi connectivity index (χ3v) is 5.31. The van der Waals surface area contributed by atoms with Gasteiger partial charge in [-0.3, -0.25) is 0 Å². The van der Waals surface area contributed by atoms with Crippen LogP contribution in [0, 0.1) is 11.3 Å². The van der Waals surface area contributed by atoms with E-state index in [0.29, 0.717) is 5.41 Å². The fourth-order valence-electron chi connectivity index (χ4n) is 4.03. The number of hydrogen-bond acceptors (Lipinski definition) is 0. The predicted molar refractivity (Wildman–Crippen MR) is 103 cm³/mol. The Bertz CT molecular complexity index is 414. The van der Waals surface area contributed by atoms with Gasteiger partial charge in [-0.25, -0.2) is 0 Å². The summed E-state index contributed by atoms with van der Waals surface area (Å²) in [4.78, 5) is 0. The molecule has 1 aliphatic rings. The van der Waals surface area contributed by atoms with Gasteiger partial charge in [-0.2, -0.15) is 0 Å². The summed E-state index contributed by atoms with van der Waals surface area (Å²) in [5, 5.41) is 0. The lowest BCUT2D eigenvalue weighted by atomic mass is 9.85. The Balaban J connectivity index is 1.55. The van der Waals surface area contributed by atoms with Crippen molar-refractivity contribution < 1.29 is 0 Å². The zero-order valence-corrected chi connectivity index (χ0v) is 15.9. The minimum atomic E-state index is 0.389. The quantitative estimate of drug-likeness (QED) is 0.440. The second kappa shape index (κ2) is 9.50.